The molecule has 1 fully saturated rings. The first kappa shape index (κ1) is 14.4. The first-order valence-electron chi connectivity index (χ1n) is 6.29. The van der Waals surface area contributed by atoms with Gasteiger partial charge in [-0.05, 0) is 50.3 Å². The Labute approximate surface area is 125 Å². The molecule has 18 heavy (non-hydrogen) atoms. The third-order valence-electron chi connectivity index (χ3n) is 3.26. The molecule has 2 heterocycles. The number of hydrogen-bond donors (Lipinski definition) is 1. The lowest BCUT2D eigenvalue weighted by Gasteiger charge is -2.28. The maximum absolute atomic E-state index is 6.27. The number of pyridine rings is 1. The maximum Gasteiger partial charge on any atom is 0.0733 e. The van der Waals surface area contributed by atoms with Gasteiger partial charge in [0.1, 0.15) is 0 Å². The van der Waals surface area contributed by atoms with Gasteiger partial charge in [-0.1, -0.05) is 13.8 Å². The zero-order valence-corrected chi connectivity index (χ0v) is 13.9. The summed E-state index contributed by atoms with van der Waals surface area (Å²) in [4.78, 5) is 7.01. The quantitative estimate of drug-likeness (QED) is 0.879. The van der Waals surface area contributed by atoms with E-state index in [9.17, 15) is 0 Å². The van der Waals surface area contributed by atoms with Crippen molar-refractivity contribution >= 4 is 31.9 Å². The second kappa shape index (κ2) is 5.99. The van der Waals surface area contributed by atoms with Crippen LogP contribution >= 0.6 is 31.9 Å². The first-order chi connectivity index (χ1) is 8.49. The van der Waals surface area contributed by atoms with Crippen LogP contribution in [-0.2, 0) is 0 Å². The Kier molecular flexibility index (Phi) is 4.80. The highest BCUT2D eigenvalue weighted by atomic mass is 79.9. The van der Waals surface area contributed by atoms with Gasteiger partial charge in [0.25, 0.3) is 0 Å². The van der Waals surface area contributed by atoms with Gasteiger partial charge in [0.2, 0.25) is 0 Å². The number of halogens is 2. The summed E-state index contributed by atoms with van der Waals surface area (Å²) in [6.07, 6.45) is 2.89. The summed E-state index contributed by atoms with van der Waals surface area (Å²) in [7, 11) is 0. The molecule has 0 aromatic carbocycles. The van der Waals surface area contributed by atoms with Crippen LogP contribution in [0, 0.1) is 5.92 Å². The van der Waals surface area contributed by atoms with Crippen molar-refractivity contribution in [1.29, 1.82) is 0 Å². The number of nitrogens with two attached hydrogens (primary N) is 1. The van der Waals surface area contributed by atoms with Crippen molar-refractivity contribution in [3.05, 3.63) is 26.9 Å². The molecule has 3 nitrogen and oxygen atoms in total. The zero-order valence-electron chi connectivity index (χ0n) is 10.7. The van der Waals surface area contributed by atoms with Crippen molar-refractivity contribution in [1.82, 2.24) is 9.88 Å². The predicted molar refractivity (Wildman–Crippen MR) is 81.4 cm³/mol. The van der Waals surface area contributed by atoms with Gasteiger partial charge in [-0.25, -0.2) is 0 Å². The van der Waals surface area contributed by atoms with Gasteiger partial charge in [0, 0.05) is 34.3 Å². The second-order valence-corrected chi connectivity index (χ2v) is 7.08. The van der Waals surface area contributed by atoms with Crippen LogP contribution < -0.4 is 5.73 Å². The Morgan fingerprint density at radius 2 is 2.22 bits per heavy atom. The highest BCUT2D eigenvalue weighted by Crippen LogP contribution is 2.35. The molecule has 1 aromatic rings. The fourth-order valence-electron chi connectivity index (χ4n) is 2.57. The molecule has 1 saturated heterocycles. The minimum Gasteiger partial charge on any atom is -0.326 e. The lowest BCUT2D eigenvalue weighted by Crippen LogP contribution is -2.34. The number of hydrogen-bond acceptors (Lipinski definition) is 3. The van der Waals surface area contributed by atoms with E-state index in [4.69, 9.17) is 5.73 Å². The predicted octanol–water partition coefficient (Wildman–Crippen LogP) is 3.34. The second-order valence-electron chi connectivity index (χ2n) is 5.31. The molecule has 100 valence electrons. The summed E-state index contributed by atoms with van der Waals surface area (Å²) in [5.41, 5.74) is 7.33. The highest BCUT2D eigenvalue weighted by molar-refractivity contribution is 9.11. The van der Waals surface area contributed by atoms with Gasteiger partial charge in [-0.3, -0.25) is 9.88 Å². The molecule has 0 bridgehead atoms. The number of nitrogens with zero attached hydrogens (tertiary/aromatic N) is 2. The molecule has 1 aliphatic rings. The molecule has 0 amide bonds. The maximum atomic E-state index is 6.27. The van der Waals surface area contributed by atoms with E-state index in [0.29, 0.717) is 5.92 Å². The van der Waals surface area contributed by atoms with Gasteiger partial charge in [-0.2, -0.15) is 0 Å². The molecule has 0 spiro atoms. The smallest absolute Gasteiger partial charge is 0.0733 e. The summed E-state index contributed by atoms with van der Waals surface area (Å²) in [5, 5.41) is 0. The van der Waals surface area contributed by atoms with E-state index in [2.05, 4.69) is 55.6 Å². The van der Waals surface area contributed by atoms with E-state index in [0.717, 1.165) is 34.1 Å². The average molecular weight is 377 g/mol. The molecule has 2 atom stereocenters. The van der Waals surface area contributed by atoms with Crippen LogP contribution in [-0.4, -0.2) is 29.0 Å². The van der Waals surface area contributed by atoms with Crippen LogP contribution in [0.3, 0.4) is 0 Å². The Morgan fingerprint density at radius 1 is 1.50 bits per heavy atom. The van der Waals surface area contributed by atoms with E-state index < -0.39 is 0 Å². The Morgan fingerprint density at radius 3 is 2.83 bits per heavy atom. The van der Waals surface area contributed by atoms with Crippen LogP contribution in [0.5, 0.6) is 0 Å². The normalized spacial score (nSPS) is 25.0. The number of rotatable bonds is 3. The molecule has 2 rings (SSSR count). The Balaban J connectivity index is 2.27. The van der Waals surface area contributed by atoms with Crippen LogP contribution in [0.1, 0.15) is 32.0 Å². The number of aromatic nitrogens is 1. The Hall–Kier alpha value is 0.0300. The van der Waals surface area contributed by atoms with Crippen molar-refractivity contribution in [2.45, 2.75) is 32.4 Å². The molecule has 2 N–H and O–H groups in total. The van der Waals surface area contributed by atoms with Crippen molar-refractivity contribution in [3.8, 4) is 0 Å². The van der Waals surface area contributed by atoms with E-state index in [-0.39, 0.29) is 12.1 Å². The molecule has 1 aromatic heterocycles. The molecule has 5 heteroatoms. The van der Waals surface area contributed by atoms with E-state index in [1.807, 2.05) is 12.3 Å². The third-order valence-corrected chi connectivity index (χ3v) is 4.33. The zero-order chi connectivity index (χ0) is 13.3. The fraction of sp³-hybridized carbons (Fsp3) is 0.615. The molecular formula is C13H19Br2N3. The molecule has 1 aliphatic heterocycles. The molecule has 0 aliphatic carbocycles. The third kappa shape index (κ3) is 3.13. The van der Waals surface area contributed by atoms with Crippen molar-refractivity contribution in [2.75, 3.05) is 13.1 Å². The highest BCUT2D eigenvalue weighted by Gasteiger charge is 2.35. The van der Waals surface area contributed by atoms with Crippen LogP contribution in [0.4, 0.5) is 0 Å². The van der Waals surface area contributed by atoms with Crippen molar-refractivity contribution in [3.63, 3.8) is 0 Å². The minimum atomic E-state index is 0.175. The molecular weight excluding hydrogens is 358 g/mol. The summed E-state index contributed by atoms with van der Waals surface area (Å²) in [6, 6.07) is 2.45. The monoisotopic (exact) mass is 375 g/mol. The summed E-state index contributed by atoms with van der Waals surface area (Å²) < 4.78 is 2.02. The average Bonchev–Trinajstić information content (AvgIpc) is 2.60. The SMILES string of the molecule is CC(C)CN1CCC(N)C1c1ncc(Br)cc1Br. The summed E-state index contributed by atoms with van der Waals surface area (Å²) in [6.45, 7) is 6.62. The minimum absolute atomic E-state index is 0.175. The van der Waals surface area contributed by atoms with Crippen LogP contribution in [0.2, 0.25) is 0 Å². The largest absolute Gasteiger partial charge is 0.326 e. The van der Waals surface area contributed by atoms with Crippen molar-refractivity contribution < 1.29 is 0 Å². The summed E-state index contributed by atoms with van der Waals surface area (Å²) >= 11 is 7.04. The van der Waals surface area contributed by atoms with E-state index in [1.165, 1.54) is 0 Å². The Bertz CT molecular complexity index is 423. The van der Waals surface area contributed by atoms with Gasteiger partial charge in [0.15, 0.2) is 0 Å². The topological polar surface area (TPSA) is 42.1 Å². The molecule has 2 unspecified atom stereocenters. The fourth-order valence-corrected chi connectivity index (χ4v) is 3.80. The van der Waals surface area contributed by atoms with Crippen LogP contribution in [0.15, 0.2) is 21.2 Å². The van der Waals surface area contributed by atoms with Gasteiger partial charge in [0.05, 0.1) is 11.7 Å². The van der Waals surface area contributed by atoms with Gasteiger partial charge < -0.3 is 5.73 Å². The van der Waals surface area contributed by atoms with Gasteiger partial charge >= 0.3 is 0 Å². The molecule has 0 saturated carbocycles. The standard InChI is InChI=1S/C13H19Br2N3/c1-8(2)7-18-4-3-11(16)13(18)12-10(15)5-9(14)6-17-12/h5-6,8,11,13H,3-4,7,16H2,1-2H3. The summed E-state index contributed by atoms with van der Waals surface area (Å²) in [5.74, 6) is 0.645. The van der Waals surface area contributed by atoms with Crippen LogP contribution in [0.25, 0.3) is 0 Å². The lowest BCUT2D eigenvalue weighted by atomic mass is 10.1. The van der Waals surface area contributed by atoms with Crippen molar-refractivity contribution in [2.24, 2.45) is 11.7 Å². The lowest BCUT2D eigenvalue weighted by molar-refractivity contribution is 0.217. The first-order valence-corrected chi connectivity index (χ1v) is 7.88. The van der Waals surface area contributed by atoms with E-state index >= 15 is 0 Å². The van der Waals surface area contributed by atoms with E-state index in [1.54, 1.807) is 0 Å². The van der Waals surface area contributed by atoms with Gasteiger partial charge in [-0.15, -0.1) is 0 Å². The molecule has 0 radical (unpaired) electrons. The number of likely N-dealkylation sites (tertiary alicyclic amines) is 1.